The zero-order valence-electron chi connectivity index (χ0n) is 13.0. The van der Waals surface area contributed by atoms with Gasteiger partial charge in [0.15, 0.2) is 5.11 Å². The lowest BCUT2D eigenvalue weighted by Gasteiger charge is -2.25. The van der Waals surface area contributed by atoms with E-state index in [0.29, 0.717) is 0 Å². The van der Waals surface area contributed by atoms with Crippen molar-refractivity contribution in [1.82, 2.24) is 15.2 Å². The highest BCUT2D eigenvalue weighted by Crippen LogP contribution is 2.39. The highest BCUT2D eigenvalue weighted by atomic mass is 32.1. The molecule has 0 bridgehead atoms. The van der Waals surface area contributed by atoms with Gasteiger partial charge < -0.3 is 14.6 Å². The van der Waals surface area contributed by atoms with Crippen LogP contribution in [0.1, 0.15) is 49.1 Å². The summed E-state index contributed by atoms with van der Waals surface area (Å²) in [6.45, 7) is 5.08. The van der Waals surface area contributed by atoms with Crippen LogP contribution >= 0.6 is 12.2 Å². The van der Waals surface area contributed by atoms with E-state index in [0.717, 1.165) is 41.7 Å². The van der Waals surface area contributed by atoms with Gasteiger partial charge in [0.25, 0.3) is 0 Å². The number of hydrogen-bond acceptors (Lipinski definition) is 3. The second-order valence-corrected chi connectivity index (χ2v) is 6.01. The third-order valence-corrected chi connectivity index (χ3v) is 4.36. The molecule has 0 radical (unpaired) electrons. The molecule has 2 aromatic heterocycles. The van der Waals surface area contributed by atoms with Gasteiger partial charge in [-0.3, -0.25) is 4.98 Å². The second-order valence-electron chi connectivity index (χ2n) is 5.62. The molecule has 3 heterocycles. The molecule has 1 saturated heterocycles. The largest absolute Gasteiger partial charge is 0.464 e. The molecule has 1 fully saturated rings. The highest BCUT2D eigenvalue weighted by Gasteiger charge is 2.41. The summed E-state index contributed by atoms with van der Waals surface area (Å²) in [5.74, 6) is 1.86. The minimum Gasteiger partial charge on any atom is -0.464 e. The van der Waals surface area contributed by atoms with Crippen molar-refractivity contribution >= 4 is 17.3 Å². The van der Waals surface area contributed by atoms with Gasteiger partial charge in [-0.05, 0) is 49.8 Å². The first kappa shape index (κ1) is 15.0. The number of nitrogens with one attached hydrogen (secondary N) is 1. The molecule has 5 heteroatoms. The number of aryl methyl sites for hydroxylation is 1. The Morgan fingerprint density at radius 1 is 1.32 bits per heavy atom. The third kappa shape index (κ3) is 2.86. The van der Waals surface area contributed by atoms with Gasteiger partial charge in [0.05, 0.1) is 11.7 Å². The van der Waals surface area contributed by atoms with Crippen LogP contribution in [0, 0.1) is 6.92 Å². The standard InChI is InChI=1S/C17H21N3OS/c1-3-4-11-20-16(14-9-8-12(2)21-14)15(19-17(20)22)13-7-5-6-10-18-13/h5-10,15-16H,3-4,11H2,1-2H3,(H,19,22)/t15-,16-/m1/s1. The molecule has 22 heavy (non-hydrogen) atoms. The lowest BCUT2D eigenvalue weighted by atomic mass is 10.0. The summed E-state index contributed by atoms with van der Waals surface area (Å²) in [5.41, 5.74) is 0.989. The van der Waals surface area contributed by atoms with Crippen molar-refractivity contribution in [1.29, 1.82) is 0 Å². The predicted molar refractivity (Wildman–Crippen MR) is 90.5 cm³/mol. The smallest absolute Gasteiger partial charge is 0.170 e. The zero-order valence-corrected chi connectivity index (χ0v) is 13.8. The van der Waals surface area contributed by atoms with Crippen molar-refractivity contribution in [2.45, 2.75) is 38.8 Å². The molecule has 1 aliphatic heterocycles. The van der Waals surface area contributed by atoms with E-state index in [1.54, 1.807) is 0 Å². The molecule has 0 aliphatic carbocycles. The van der Waals surface area contributed by atoms with Gasteiger partial charge in [-0.15, -0.1) is 0 Å². The van der Waals surface area contributed by atoms with E-state index in [1.165, 1.54) is 0 Å². The Kier molecular flexibility index (Phi) is 4.43. The van der Waals surface area contributed by atoms with Gasteiger partial charge in [-0.2, -0.15) is 0 Å². The number of thiocarbonyl (C=S) groups is 1. The number of furan rings is 1. The zero-order chi connectivity index (χ0) is 15.5. The van der Waals surface area contributed by atoms with Crippen molar-refractivity contribution in [3.8, 4) is 0 Å². The minimum atomic E-state index is 0.0242. The number of rotatable bonds is 5. The van der Waals surface area contributed by atoms with Crippen LogP contribution in [0.25, 0.3) is 0 Å². The fourth-order valence-electron chi connectivity index (χ4n) is 2.90. The molecule has 0 amide bonds. The summed E-state index contributed by atoms with van der Waals surface area (Å²) in [6, 6.07) is 10.1. The van der Waals surface area contributed by atoms with Crippen LogP contribution in [-0.2, 0) is 0 Å². The van der Waals surface area contributed by atoms with E-state index in [4.69, 9.17) is 16.6 Å². The van der Waals surface area contributed by atoms with Crippen LogP contribution in [0.4, 0.5) is 0 Å². The molecular weight excluding hydrogens is 294 g/mol. The van der Waals surface area contributed by atoms with Crippen LogP contribution in [0.5, 0.6) is 0 Å². The number of unbranched alkanes of at least 4 members (excludes halogenated alkanes) is 1. The molecule has 4 nitrogen and oxygen atoms in total. The summed E-state index contributed by atoms with van der Waals surface area (Å²) < 4.78 is 5.91. The Balaban J connectivity index is 1.96. The van der Waals surface area contributed by atoms with E-state index in [-0.39, 0.29) is 12.1 Å². The van der Waals surface area contributed by atoms with Gasteiger partial charge in [0.2, 0.25) is 0 Å². The first-order chi connectivity index (χ1) is 10.7. The molecule has 2 aromatic rings. The summed E-state index contributed by atoms with van der Waals surface area (Å²) in [5, 5.41) is 4.20. The first-order valence-electron chi connectivity index (χ1n) is 7.75. The van der Waals surface area contributed by atoms with E-state index in [2.05, 4.69) is 22.1 Å². The van der Waals surface area contributed by atoms with E-state index in [9.17, 15) is 0 Å². The SMILES string of the molecule is CCCCN1C(=S)N[C@H](c2ccccn2)[C@H]1c1ccc(C)o1. The van der Waals surface area contributed by atoms with Gasteiger partial charge in [0.1, 0.15) is 17.6 Å². The molecule has 0 unspecified atom stereocenters. The van der Waals surface area contributed by atoms with Crippen molar-refractivity contribution in [3.63, 3.8) is 0 Å². The van der Waals surface area contributed by atoms with Gasteiger partial charge in [-0.25, -0.2) is 0 Å². The summed E-state index contributed by atoms with van der Waals surface area (Å²) >= 11 is 5.56. The molecule has 3 rings (SSSR count). The van der Waals surface area contributed by atoms with Gasteiger partial charge >= 0.3 is 0 Å². The Morgan fingerprint density at radius 3 is 2.82 bits per heavy atom. The molecule has 0 aromatic carbocycles. The van der Waals surface area contributed by atoms with Crippen molar-refractivity contribution in [2.24, 2.45) is 0 Å². The Bertz CT molecular complexity index is 640. The fraction of sp³-hybridized carbons (Fsp3) is 0.412. The Hall–Kier alpha value is -1.88. The molecule has 0 saturated carbocycles. The maximum atomic E-state index is 5.91. The summed E-state index contributed by atoms with van der Waals surface area (Å²) in [7, 11) is 0. The molecule has 0 spiro atoms. The average Bonchev–Trinajstić information content (AvgIpc) is 3.09. The Labute approximate surface area is 136 Å². The van der Waals surface area contributed by atoms with Gasteiger partial charge in [-0.1, -0.05) is 19.4 Å². The van der Waals surface area contributed by atoms with Crippen LogP contribution in [0.2, 0.25) is 0 Å². The number of aromatic nitrogens is 1. The maximum Gasteiger partial charge on any atom is 0.170 e. The fourth-order valence-corrected chi connectivity index (χ4v) is 3.23. The van der Waals surface area contributed by atoms with Crippen LogP contribution < -0.4 is 5.32 Å². The van der Waals surface area contributed by atoms with Crippen molar-refractivity contribution in [3.05, 3.63) is 53.7 Å². The lowest BCUT2D eigenvalue weighted by Crippen LogP contribution is -2.30. The average molecular weight is 315 g/mol. The maximum absolute atomic E-state index is 5.91. The number of hydrogen-bond donors (Lipinski definition) is 1. The molecular formula is C17H21N3OS. The molecule has 1 aliphatic rings. The first-order valence-corrected chi connectivity index (χ1v) is 8.16. The van der Waals surface area contributed by atoms with Crippen LogP contribution in [-0.4, -0.2) is 21.5 Å². The summed E-state index contributed by atoms with van der Waals surface area (Å²) in [4.78, 5) is 6.73. The predicted octanol–water partition coefficient (Wildman–Crippen LogP) is 3.76. The van der Waals surface area contributed by atoms with Crippen molar-refractivity contribution < 1.29 is 4.42 Å². The second kappa shape index (κ2) is 6.48. The third-order valence-electron chi connectivity index (χ3n) is 4.00. The van der Waals surface area contributed by atoms with Crippen LogP contribution in [0.3, 0.4) is 0 Å². The van der Waals surface area contributed by atoms with E-state index < -0.39 is 0 Å². The quantitative estimate of drug-likeness (QED) is 0.851. The lowest BCUT2D eigenvalue weighted by molar-refractivity contribution is 0.266. The highest BCUT2D eigenvalue weighted by molar-refractivity contribution is 7.80. The normalized spacial score (nSPS) is 21.2. The Morgan fingerprint density at radius 2 is 2.18 bits per heavy atom. The van der Waals surface area contributed by atoms with E-state index in [1.807, 2.05) is 43.5 Å². The van der Waals surface area contributed by atoms with E-state index >= 15 is 0 Å². The molecule has 1 N–H and O–H groups in total. The summed E-state index contributed by atoms with van der Waals surface area (Å²) in [6.07, 6.45) is 4.06. The van der Waals surface area contributed by atoms with Crippen LogP contribution in [0.15, 0.2) is 40.9 Å². The minimum absolute atomic E-state index is 0.0242. The molecule has 2 atom stereocenters. The monoisotopic (exact) mass is 315 g/mol. The topological polar surface area (TPSA) is 41.3 Å². The van der Waals surface area contributed by atoms with Crippen molar-refractivity contribution in [2.75, 3.05) is 6.54 Å². The number of nitrogens with zero attached hydrogens (tertiary/aromatic N) is 2. The molecule has 116 valence electrons. The number of pyridine rings is 1. The van der Waals surface area contributed by atoms with Gasteiger partial charge in [0, 0.05) is 12.7 Å².